The van der Waals surface area contributed by atoms with Gasteiger partial charge in [0.05, 0.1) is 0 Å². The van der Waals surface area contributed by atoms with Crippen molar-refractivity contribution in [3.8, 4) is 0 Å². The highest BCUT2D eigenvalue weighted by Gasteiger charge is 2.19. The number of halogens is 1. The van der Waals surface area contributed by atoms with Crippen molar-refractivity contribution in [2.45, 2.75) is 26.2 Å². The van der Waals surface area contributed by atoms with E-state index in [2.05, 4.69) is 59.4 Å². The lowest BCUT2D eigenvalue weighted by atomic mass is 9.87. The lowest BCUT2D eigenvalue weighted by molar-refractivity contribution is 0.146. The Morgan fingerprint density at radius 2 is 2.17 bits per heavy atom. The minimum Gasteiger partial charge on any atom is -0.384 e. The molecule has 18 heavy (non-hydrogen) atoms. The molecule has 2 unspecified atom stereocenters. The Labute approximate surface area is 119 Å². The minimum atomic E-state index is 0.494. The van der Waals surface area contributed by atoms with Gasteiger partial charge in [-0.2, -0.15) is 0 Å². The summed E-state index contributed by atoms with van der Waals surface area (Å²) in [5.74, 6) is 1.00. The number of hydrogen-bond acceptors (Lipinski definition) is 2. The van der Waals surface area contributed by atoms with Crippen LogP contribution in [0, 0.1) is 5.92 Å². The summed E-state index contributed by atoms with van der Waals surface area (Å²) in [7, 11) is 1.77. The minimum absolute atomic E-state index is 0.494. The highest BCUT2D eigenvalue weighted by molar-refractivity contribution is 9.10. The number of rotatable bonds is 8. The fraction of sp³-hybridized carbons (Fsp3) is 0.600. The van der Waals surface area contributed by atoms with Crippen LogP contribution in [0.15, 0.2) is 28.7 Å². The van der Waals surface area contributed by atoms with Gasteiger partial charge in [0.25, 0.3) is 0 Å². The molecule has 0 aliphatic rings. The molecular weight excluding hydrogens is 290 g/mol. The molecule has 1 N–H and O–H groups in total. The Morgan fingerprint density at radius 3 is 2.78 bits per heavy atom. The Balaban J connectivity index is 2.75. The number of methoxy groups -OCH3 is 1. The van der Waals surface area contributed by atoms with Gasteiger partial charge in [-0.05, 0) is 36.6 Å². The normalized spacial score (nSPS) is 14.4. The van der Waals surface area contributed by atoms with E-state index in [-0.39, 0.29) is 0 Å². The van der Waals surface area contributed by atoms with Gasteiger partial charge in [0.2, 0.25) is 0 Å². The topological polar surface area (TPSA) is 21.3 Å². The molecule has 2 atom stereocenters. The van der Waals surface area contributed by atoms with Crippen molar-refractivity contribution in [2.75, 3.05) is 26.8 Å². The zero-order chi connectivity index (χ0) is 13.4. The number of nitrogens with one attached hydrogen (secondary N) is 1. The second-order valence-corrected chi connectivity index (χ2v) is 5.71. The quantitative estimate of drug-likeness (QED) is 0.737. The molecule has 1 aromatic rings. The van der Waals surface area contributed by atoms with Crippen LogP contribution in [0.4, 0.5) is 0 Å². The molecule has 1 rings (SSSR count). The van der Waals surface area contributed by atoms with E-state index in [1.165, 1.54) is 12.0 Å². The summed E-state index contributed by atoms with van der Waals surface area (Å²) in [6.45, 7) is 7.33. The zero-order valence-corrected chi connectivity index (χ0v) is 13.2. The predicted molar refractivity (Wildman–Crippen MR) is 81.1 cm³/mol. The molecule has 102 valence electrons. The molecule has 0 heterocycles. The summed E-state index contributed by atoms with van der Waals surface area (Å²) in [5, 5.41) is 3.52. The lowest BCUT2D eigenvalue weighted by Crippen LogP contribution is -2.28. The van der Waals surface area contributed by atoms with Crippen molar-refractivity contribution < 1.29 is 4.74 Å². The predicted octanol–water partition coefficient (Wildman–Crippen LogP) is 3.81. The molecule has 0 radical (unpaired) electrons. The first-order chi connectivity index (χ1) is 8.69. The molecule has 0 bridgehead atoms. The lowest BCUT2D eigenvalue weighted by Gasteiger charge is -2.24. The molecule has 0 spiro atoms. The SMILES string of the molecule is CCCNCC(c1cccc(Br)c1)C(C)COC. The smallest absolute Gasteiger partial charge is 0.0494 e. The number of benzene rings is 1. The van der Waals surface area contributed by atoms with Crippen molar-refractivity contribution in [3.05, 3.63) is 34.3 Å². The highest BCUT2D eigenvalue weighted by Crippen LogP contribution is 2.26. The van der Waals surface area contributed by atoms with Gasteiger partial charge in [-0.1, -0.05) is 41.9 Å². The van der Waals surface area contributed by atoms with Crippen LogP contribution in [0.1, 0.15) is 31.7 Å². The third kappa shape index (κ3) is 5.09. The van der Waals surface area contributed by atoms with Crippen molar-refractivity contribution >= 4 is 15.9 Å². The van der Waals surface area contributed by atoms with Crippen molar-refractivity contribution in [2.24, 2.45) is 5.92 Å². The van der Waals surface area contributed by atoms with E-state index in [0.717, 1.165) is 24.2 Å². The van der Waals surface area contributed by atoms with Crippen molar-refractivity contribution in [1.82, 2.24) is 5.32 Å². The average Bonchev–Trinajstić information content (AvgIpc) is 2.35. The molecule has 0 aliphatic heterocycles. The van der Waals surface area contributed by atoms with Crippen molar-refractivity contribution in [3.63, 3.8) is 0 Å². The molecule has 2 nitrogen and oxygen atoms in total. The third-order valence-electron chi connectivity index (χ3n) is 3.18. The molecule has 0 fully saturated rings. The molecule has 3 heteroatoms. The maximum Gasteiger partial charge on any atom is 0.0494 e. The van der Waals surface area contributed by atoms with Crippen LogP contribution in [-0.2, 0) is 4.74 Å². The second-order valence-electron chi connectivity index (χ2n) is 4.80. The van der Waals surface area contributed by atoms with E-state index >= 15 is 0 Å². The van der Waals surface area contributed by atoms with Gasteiger partial charge in [-0.15, -0.1) is 0 Å². The van der Waals surface area contributed by atoms with E-state index in [9.17, 15) is 0 Å². The third-order valence-corrected chi connectivity index (χ3v) is 3.68. The molecule has 1 aromatic carbocycles. The highest BCUT2D eigenvalue weighted by atomic mass is 79.9. The van der Waals surface area contributed by atoms with Gasteiger partial charge in [-0.25, -0.2) is 0 Å². The molecule has 0 saturated carbocycles. The first-order valence-electron chi connectivity index (χ1n) is 6.64. The first kappa shape index (κ1) is 15.7. The van der Waals surface area contributed by atoms with Gasteiger partial charge >= 0.3 is 0 Å². The van der Waals surface area contributed by atoms with E-state index < -0.39 is 0 Å². The maximum absolute atomic E-state index is 5.30. The van der Waals surface area contributed by atoms with Crippen LogP contribution in [0.25, 0.3) is 0 Å². The van der Waals surface area contributed by atoms with Crippen LogP contribution >= 0.6 is 15.9 Å². The summed E-state index contributed by atoms with van der Waals surface area (Å²) >= 11 is 3.55. The molecule has 0 saturated heterocycles. The first-order valence-corrected chi connectivity index (χ1v) is 7.43. The Bertz CT molecular complexity index is 343. The maximum atomic E-state index is 5.30. The fourth-order valence-electron chi connectivity index (χ4n) is 2.20. The van der Waals surface area contributed by atoms with Crippen LogP contribution in [0.3, 0.4) is 0 Å². The largest absolute Gasteiger partial charge is 0.384 e. The summed E-state index contributed by atoms with van der Waals surface area (Å²) in [6, 6.07) is 8.59. The Kier molecular flexibility index (Phi) is 7.56. The van der Waals surface area contributed by atoms with Crippen molar-refractivity contribution in [1.29, 1.82) is 0 Å². The average molecular weight is 314 g/mol. The van der Waals surface area contributed by atoms with Gasteiger partial charge in [-0.3, -0.25) is 0 Å². The Morgan fingerprint density at radius 1 is 1.39 bits per heavy atom. The zero-order valence-electron chi connectivity index (χ0n) is 11.6. The van der Waals surface area contributed by atoms with Crippen LogP contribution in [-0.4, -0.2) is 26.8 Å². The second kappa shape index (κ2) is 8.68. The summed E-state index contributed by atoms with van der Waals surface area (Å²) in [4.78, 5) is 0. The molecule has 0 aliphatic carbocycles. The van der Waals surface area contributed by atoms with Crippen LogP contribution < -0.4 is 5.32 Å². The number of ether oxygens (including phenoxy) is 1. The van der Waals surface area contributed by atoms with Gasteiger partial charge in [0.1, 0.15) is 0 Å². The molecular formula is C15H24BrNO. The number of hydrogen-bond donors (Lipinski definition) is 1. The van der Waals surface area contributed by atoms with Crippen LogP contribution in [0.5, 0.6) is 0 Å². The Hall–Kier alpha value is -0.380. The van der Waals surface area contributed by atoms with E-state index in [4.69, 9.17) is 4.74 Å². The fourth-order valence-corrected chi connectivity index (χ4v) is 2.62. The monoisotopic (exact) mass is 313 g/mol. The summed E-state index contributed by atoms with van der Waals surface area (Å²) in [5.41, 5.74) is 1.37. The van der Waals surface area contributed by atoms with E-state index in [1.807, 2.05) is 0 Å². The molecule has 0 amide bonds. The van der Waals surface area contributed by atoms with Gasteiger partial charge in [0, 0.05) is 30.7 Å². The standard InChI is InChI=1S/C15H24BrNO/c1-4-8-17-10-15(12(2)11-18-3)13-6-5-7-14(16)9-13/h5-7,9,12,15,17H,4,8,10-11H2,1-3H3. The summed E-state index contributed by atoms with van der Waals surface area (Å²) in [6.07, 6.45) is 1.17. The van der Waals surface area contributed by atoms with Gasteiger partial charge < -0.3 is 10.1 Å². The van der Waals surface area contributed by atoms with E-state index in [0.29, 0.717) is 11.8 Å². The van der Waals surface area contributed by atoms with Crippen LogP contribution in [0.2, 0.25) is 0 Å². The van der Waals surface area contributed by atoms with Gasteiger partial charge in [0.15, 0.2) is 0 Å². The van der Waals surface area contributed by atoms with E-state index in [1.54, 1.807) is 7.11 Å². The molecule has 0 aromatic heterocycles. The summed E-state index contributed by atoms with van der Waals surface area (Å²) < 4.78 is 6.45.